The molecule has 3 N–H and O–H groups in total. The van der Waals surface area contributed by atoms with Crippen LogP contribution in [0.25, 0.3) is 0 Å². The molecule has 1 saturated carbocycles. The van der Waals surface area contributed by atoms with Crippen LogP contribution >= 0.6 is 12.2 Å². The largest absolute Gasteiger partial charge is 0.487 e. The van der Waals surface area contributed by atoms with Gasteiger partial charge in [-0.1, -0.05) is 32.5 Å². The van der Waals surface area contributed by atoms with E-state index in [0.29, 0.717) is 10.7 Å². The van der Waals surface area contributed by atoms with E-state index in [0.717, 1.165) is 24.9 Å². The van der Waals surface area contributed by atoms with E-state index in [9.17, 15) is 4.79 Å². The van der Waals surface area contributed by atoms with Gasteiger partial charge in [-0.2, -0.15) is 0 Å². The molecule has 114 valence electrons. The molecule has 1 amide bonds. The molecule has 0 heterocycles. The van der Waals surface area contributed by atoms with Crippen molar-refractivity contribution in [2.45, 2.75) is 33.1 Å². The third-order valence-electron chi connectivity index (χ3n) is 4.08. The molecule has 0 bridgehead atoms. The average Bonchev–Trinajstić information content (AvgIpc) is 2.77. The number of amides is 1. The minimum absolute atomic E-state index is 0.0861. The number of nitrogens with two attached hydrogens (primary N) is 1. The summed E-state index contributed by atoms with van der Waals surface area (Å²) in [6.45, 7) is 4.55. The Morgan fingerprint density at radius 2 is 2.10 bits per heavy atom. The highest BCUT2D eigenvalue weighted by molar-refractivity contribution is 7.80. The number of anilines is 1. The Hall–Kier alpha value is -1.62. The highest BCUT2D eigenvalue weighted by Gasteiger charge is 2.39. The van der Waals surface area contributed by atoms with Crippen LogP contribution in [0.5, 0.6) is 5.75 Å². The molecule has 0 aliphatic heterocycles. The second-order valence-electron chi connectivity index (χ2n) is 6.20. The van der Waals surface area contributed by atoms with E-state index in [4.69, 9.17) is 22.7 Å². The second-order valence-corrected chi connectivity index (χ2v) is 6.73. The van der Waals surface area contributed by atoms with Gasteiger partial charge in [0.25, 0.3) is 0 Å². The van der Waals surface area contributed by atoms with E-state index < -0.39 is 0 Å². The fraction of sp³-hybridized carbons (Fsp3) is 0.500. The molecule has 0 spiro atoms. The maximum absolute atomic E-state index is 12.4. The smallest absolute Gasteiger partial charge is 0.228 e. The molecule has 2 rings (SSSR count). The SMILES string of the molecule is CC1(C)CCCC1C(=O)Nc1ccc(OCC(N)=S)cc1. The van der Waals surface area contributed by atoms with Gasteiger partial charge in [0.2, 0.25) is 5.91 Å². The van der Waals surface area contributed by atoms with E-state index in [1.165, 1.54) is 0 Å². The van der Waals surface area contributed by atoms with Gasteiger partial charge >= 0.3 is 0 Å². The molecule has 4 nitrogen and oxygen atoms in total. The molecule has 0 aromatic heterocycles. The Balaban J connectivity index is 1.94. The number of hydrogen-bond acceptors (Lipinski definition) is 3. The quantitative estimate of drug-likeness (QED) is 0.820. The lowest BCUT2D eigenvalue weighted by molar-refractivity contribution is -0.122. The zero-order chi connectivity index (χ0) is 15.5. The van der Waals surface area contributed by atoms with Crippen LogP contribution in [0.15, 0.2) is 24.3 Å². The standard InChI is InChI=1S/C16H22N2O2S/c1-16(2)9-3-4-13(16)15(19)18-11-5-7-12(8-6-11)20-10-14(17)21/h5-8,13H,3-4,9-10H2,1-2H3,(H2,17,21)(H,18,19). The predicted octanol–water partition coefficient (Wildman–Crippen LogP) is 3.12. The van der Waals surface area contributed by atoms with E-state index in [1.54, 1.807) is 12.1 Å². The summed E-state index contributed by atoms with van der Waals surface area (Å²) in [5, 5.41) is 2.99. The monoisotopic (exact) mass is 306 g/mol. The lowest BCUT2D eigenvalue weighted by Gasteiger charge is -2.25. The lowest BCUT2D eigenvalue weighted by atomic mass is 9.81. The molecule has 1 aliphatic carbocycles. The van der Waals surface area contributed by atoms with Crippen LogP contribution < -0.4 is 15.8 Å². The lowest BCUT2D eigenvalue weighted by Crippen LogP contribution is -2.30. The Kier molecular flexibility index (Phi) is 4.83. The van der Waals surface area contributed by atoms with E-state index >= 15 is 0 Å². The van der Waals surface area contributed by atoms with Crippen molar-refractivity contribution in [2.75, 3.05) is 11.9 Å². The first kappa shape index (κ1) is 15.8. The van der Waals surface area contributed by atoms with Crippen LogP contribution in [0.4, 0.5) is 5.69 Å². The summed E-state index contributed by atoms with van der Waals surface area (Å²) in [5.74, 6) is 0.874. The fourth-order valence-electron chi connectivity index (χ4n) is 2.83. The number of ether oxygens (including phenoxy) is 1. The van der Waals surface area contributed by atoms with Gasteiger partial charge in [-0.3, -0.25) is 4.79 Å². The molecule has 1 fully saturated rings. The van der Waals surface area contributed by atoms with Gasteiger partial charge in [-0.05, 0) is 42.5 Å². The van der Waals surface area contributed by atoms with Gasteiger partial charge in [-0.15, -0.1) is 0 Å². The Bertz CT molecular complexity index is 526. The van der Waals surface area contributed by atoms with Gasteiger partial charge in [0, 0.05) is 11.6 Å². The van der Waals surface area contributed by atoms with Crippen molar-refractivity contribution in [2.24, 2.45) is 17.1 Å². The van der Waals surface area contributed by atoms with Gasteiger partial charge in [0.1, 0.15) is 17.3 Å². The number of carbonyl (C=O) groups excluding carboxylic acids is 1. The third-order valence-corrected chi connectivity index (χ3v) is 4.19. The first-order valence-electron chi connectivity index (χ1n) is 7.20. The molecule has 1 aromatic rings. The van der Waals surface area contributed by atoms with Crippen molar-refractivity contribution < 1.29 is 9.53 Å². The van der Waals surface area contributed by atoms with Gasteiger partial charge in [-0.25, -0.2) is 0 Å². The molecular weight excluding hydrogens is 284 g/mol. The first-order chi connectivity index (χ1) is 9.88. The van der Waals surface area contributed by atoms with Gasteiger partial charge < -0.3 is 15.8 Å². The summed E-state index contributed by atoms with van der Waals surface area (Å²) in [6.07, 6.45) is 3.20. The summed E-state index contributed by atoms with van der Waals surface area (Å²) in [4.78, 5) is 12.7. The van der Waals surface area contributed by atoms with Crippen molar-refractivity contribution in [3.8, 4) is 5.75 Å². The summed E-state index contributed by atoms with van der Waals surface area (Å²) >= 11 is 4.76. The molecule has 0 saturated heterocycles. The molecule has 0 radical (unpaired) electrons. The van der Waals surface area contributed by atoms with Gasteiger partial charge in [0.05, 0.1) is 0 Å². The number of hydrogen-bond donors (Lipinski definition) is 2. The van der Waals surface area contributed by atoms with Crippen molar-refractivity contribution in [1.29, 1.82) is 0 Å². The normalized spacial score (nSPS) is 20.0. The number of rotatable bonds is 5. The first-order valence-corrected chi connectivity index (χ1v) is 7.61. The highest BCUT2D eigenvalue weighted by atomic mass is 32.1. The average molecular weight is 306 g/mol. The molecule has 1 atom stereocenters. The van der Waals surface area contributed by atoms with Crippen LogP contribution in [0.1, 0.15) is 33.1 Å². The van der Waals surface area contributed by atoms with Crippen molar-refractivity contribution in [3.63, 3.8) is 0 Å². The molecular formula is C16H22N2O2S. The number of benzene rings is 1. The number of thiocarbonyl (C=S) groups is 1. The summed E-state index contributed by atoms with van der Waals surface area (Å²) in [5.41, 5.74) is 6.25. The summed E-state index contributed by atoms with van der Waals surface area (Å²) in [7, 11) is 0. The van der Waals surface area contributed by atoms with E-state index in [-0.39, 0.29) is 23.8 Å². The third kappa shape index (κ3) is 4.17. The second kappa shape index (κ2) is 6.43. The van der Waals surface area contributed by atoms with Gasteiger partial charge in [0.15, 0.2) is 0 Å². The van der Waals surface area contributed by atoms with Crippen LogP contribution in [0, 0.1) is 11.3 Å². The Morgan fingerprint density at radius 1 is 1.43 bits per heavy atom. The maximum atomic E-state index is 12.4. The fourth-order valence-corrected chi connectivity index (χ4v) is 2.89. The molecule has 1 aromatic carbocycles. The van der Waals surface area contributed by atoms with Crippen LogP contribution in [-0.2, 0) is 4.79 Å². The molecule has 1 aliphatic rings. The van der Waals surface area contributed by atoms with Crippen LogP contribution in [-0.4, -0.2) is 17.5 Å². The maximum Gasteiger partial charge on any atom is 0.228 e. The van der Waals surface area contributed by atoms with E-state index in [1.807, 2.05) is 12.1 Å². The minimum Gasteiger partial charge on any atom is -0.487 e. The number of nitrogens with one attached hydrogen (secondary N) is 1. The van der Waals surface area contributed by atoms with Crippen molar-refractivity contribution in [1.82, 2.24) is 0 Å². The molecule has 1 unspecified atom stereocenters. The summed E-state index contributed by atoms with van der Waals surface area (Å²) < 4.78 is 5.38. The predicted molar refractivity (Wildman–Crippen MR) is 88.5 cm³/mol. The van der Waals surface area contributed by atoms with Crippen LogP contribution in [0.3, 0.4) is 0 Å². The Labute approximate surface area is 131 Å². The topological polar surface area (TPSA) is 64.3 Å². The van der Waals surface area contributed by atoms with Crippen LogP contribution in [0.2, 0.25) is 0 Å². The van der Waals surface area contributed by atoms with Crippen molar-refractivity contribution in [3.05, 3.63) is 24.3 Å². The zero-order valence-electron chi connectivity index (χ0n) is 12.5. The highest BCUT2D eigenvalue weighted by Crippen LogP contribution is 2.43. The Morgan fingerprint density at radius 3 is 2.62 bits per heavy atom. The minimum atomic E-state index is 0.0861. The van der Waals surface area contributed by atoms with E-state index in [2.05, 4.69) is 19.2 Å². The molecule has 21 heavy (non-hydrogen) atoms. The number of carbonyl (C=O) groups is 1. The zero-order valence-corrected chi connectivity index (χ0v) is 13.3. The summed E-state index contributed by atoms with van der Waals surface area (Å²) in [6, 6.07) is 7.25. The molecule has 5 heteroatoms. The van der Waals surface area contributed by atoms with Crippen molar-refractivity contribution >= 4 is 28.8 Å².